The Kier molecular flexibility index (Phi) is 5.39. The average Bonchev–Trinajstić information content (AvgIpc) is 3.42. The van der Waals surface area contributed by atoms with Crippen LogP contribution in [0.5, 0.6) is 0 Å². The van der Waals surface area contributed by atoms with E-state index in [0.29, 0.717) is 27.5 Å². The van der Waals surface area contributed by atoms with Crippen LogP contribution in [0, 0.1) is 5.92 Å². The number of nitrogens with one attached hydrogen (secondary N) is 3. The molecule has 4 rings (SSSR count). The molecular weight excluding hydrogens is 386 g/mol. The number of thiophene rings is 1. The second kappa shape index (κ2) is 8.28. The number of benzene rings is 2. The van der Waals surface area contributed by atoms with Crippen molar-refractivity contribution < 1.29 is 14.4 Å². The molecule has 0 aliphatic heterocycles. The first-order chi connectivity index (χ1) is 14.1. The fourth-order valence-electron chi connectivity index (χ4n) is 2.81. The van der Waals surface area contributed by atoms with Gasteiger partial charge in [0.25, 0.3) is 11.8 Å². The largest absolute Gasteiger partial charge is 0.326 e. The van der Waals surface area contributed by atoms with Crippen molar-refractivity contribution in [2.75, 3.05) is 16.0 Å². The zero-order valence-corrected chi connectivity index (χ0v) is 16.3. The highest BCUT2D eigenvalue weighted by atomic mass is 32.1. The number of anilines is 3. The highest BCUT2D eigenvalue weighted by Gasteiger charge is 2.29. The lowest BCUT2D eigenvalue weighted by atomic mass is 10.1. The molecule has 0 spiro atoms. The van der Waals surface area contributed by atoms with Gasteiger partial charge in [0.1, 0.15) is 0 Å². The van der Waals surface area contributed by atoms with Crippen LogP contribution in [-0.2, 0) is 4.79 Å². The maximum absolute atomic E-state index is 12.6. The van der Waals surface area contributed by atoms with Gasteiger partial charge in [0.15, 0.2) is 0 Å². The van der Waals surface area contributed by atoms with Gasteiger partial charge in [0.2, 0.25) is 5.91 Å². The lowest BCUT2D eigenvalue weighted by Crippen LogP contribution is -2.15. The topological polar surface area (TPSA) is 87.3 Å². The molecule has 1 aromatic heterocycles. The van der Waals surface area contributed by atoms with Gasteiger partial charge in [-0.15, -0.1) is 11.3 Å². The molecule has 0 saturated heterocycles. The van der Waals surface area contributed by atoms with Gasteiger partial charge < -0.3 is 16.0 Å². The lowest BCUT2D eigenvalue weighted by molar-refractivity contribution is -0.117. The number of carbonyl (C=O) groups is 3. The summed E-state index contributed by atoms with van der Waals surface area (Å²) in [6.45, 7) is 0. The molecule has 1 aliphatic carbocycles. The molecule has 0 unspecified atom stereocenters. The van der Waals surface area contributed by atoms with E-state index in [0.717, 1.165) is 12.8 Å². The first kappa shape index (κ1) is 18.9. The van der Waals surface area contributed by atoms with E-state index < -0.39 is 0 Å². The van der Waals surface area contributed by atoms with Crippen LogP contribution in [0.4, 0.5) is 17.1 Å². The Morgan fingerprint density at radius 1 is 0.759 bits per heavy atom. The van der Waals surface area contributed by atoms with Crippen molar-refractivity contribution in [1.29, 1.82) is 0 Å². The fraction of sp³-hybridized carbons (Fsp3) is 0.136. The Labute approximate surface area is 172 Å². The van der Waals surface area contributed by atoms with Gasteiger partial charge in [-0.1, -0.05) is 18.2 Å². The van der Waals surface area contributed by atoms with Crippen LogP contribution in [0.25, 0.3) is 0 Å². The van der Waals surface area contributed by atoms with E-state index in [-0.39, 0.29) is 23.6 Å². The number of carbonyl (C=O) groups excluding carboxylic acids is 3. The minimum atomic E-state index is -0.303. The van der Waals surface area contributed by atoms with Crippen molar-refractivity contribution in [3.05, 3.63) is 76.5 Å². The van der Waals surface area contributed by atoms with E-state index in [1.54, 1.807) is 54.6 Å². The molecule has 1 heterocycles. The summed E-state index contributed by atoms with van der Waals surface area (Å²) < 4.78 is 0. The van der Waals surface area contributed by atoms with Crippen molar-refractivity contribution in [3.63, 3.8) is 0 Å². The van der Waals surface area contributed by atoms with Crippen LogP contribution in [0.3, 0.4) is 0 Å². The van der Waals surface area contributed by atoms with E-state index >= 15 is 0 Å². The summed E-state index contributed by atoms with van der Waals surface area (Å²) in [7, 11) is 0. The van der Waals surface area contributed by atoms with E-state index in [1.807, 2.05) is 11.4 Å². The van der Waals surface area contributed by atoms with Gasteiger partial charge in [0, 0.05) is 28.5 Å². The quantitative estimate of drug-likeness (QED) is 0.560. The zero-order chi connectivity index (χ0) is 20.2. The van der Waals surface area contributed by atoms with Crippen LogP contribution in [-0.4, -0.2) is 17.7 Å². The minimum Gasteiger partial charge on any atom is -0.326 e. The predicted octanol–water partition coefficient (Wildman–Crippen LogP) is 4.60. The van der Waals surface area contributed by atoms with Crippen molar-refractivity contribution in [2.45, 2.75) is 12.8 Å². The Bertz CT molecular complexity index is 1060. The Balaban J connectivity index is 1.42. The Morgan fingerprint density at radius 3 is 2.10 bits per heavy atom. The molecule has 0 atom stereocenters. The standard InChI is InChI=1S/C22H19N3O3S/c26-20(14-9-10-14)23-17-6-2-7-18(13-17)24-21(27)15-4-1-5-16(12-15)25-22(28)19-8-3-11-29-19/h1-8,11-14H,9-10H2,(H,23,26)(H,24,27)(H,25,28). The van der Waals surface area contributed by atoms with Gasteiger partial charge in [-0.3, -0.25) is 14.4 Å². The summed E-state index contributed by atoms with van der Waals surface area (Å²) in [5.74, 6) is -0.386. The molecule has 3 N–H and O–H groups in total. The zero-order valence-electron chi connectivity index (χ0n) is 15.5. The molecule has 3 amide bonds. The molecule has 1 fully saturated rings. The number of hydrogen-bond donors (Lipinski definition) is 3. The first-order valence-electron chi connectivity index (χ1n) is 9.26. The fourth-order valence-corrected chi connectivity index (χ4v) is 3.43. The maximum atomic E-state index is 12.6. The second-order valence-electron chi connectivity index (χ2n) is 6.81. The summed E-state index contributed by atoms with van der Waals surface area (Å²) in [5, 5.41) is 10.3. The Morgan fingerprint density at radius 2 is 1.41 bits per heavy atom. The van der Waals surface area contributed by atoms with Crippen molar-refractivity contribution in [1.82, 2.24) is 0 Å². The molecule has 6 nitrogen and oxygen atoms in total. The van der Waals surface area contributed by atoms with E-state index in [2.05, 4.69) is 16.0 Å². The lowest BCUT2D eigenvalue weighted by Gasteiger charge is -2.10. The molecule has 1 aliphatic rings. The molecule has 2 aromatic carbocycles. The third-order valence-electron chi connectivity index (χ3n) is 4.46. The van der Waals surface area contributed by atoms with Gasteiger partial charge >= 0.3 is 0 Å². The summed E-state index contributed by atoms with van der Waals surface area (Å²) >= 11 is 1.35. The monoisotopic (exact) mass is 405 g/mol. The van der Waals surface area contributed by atoms with Crippen LogP contribution < -0.4 is 16.0 Å². The predicted molar refractivity (Wildman–Crippen MR) is 114 cm³/mol. The van der Waals surface area contributed by atoms with Gasteiger partial charge in [0.05, 0.1) is 4.88 Å². The third kappa shape index (κ3) is 4.89. The van der Waals surface area contributed by atoms with E-state index in [9.17, 15) is 14.4 Å². The van der Waals surface area contributed by atoms with Crippen LogP contribution in [0.1, 0.15) is 32.9 Å². The SMILES string of the molecule is O=C(Nc1cccc(NC(=O)C2CC2)c1)c1cccc(NC(=O)c2cccs2)c1. The normalized spacial score (nSPS) is 12.8. The number of hydrogen-bond acceptors (Lipinski definition) is 4. The van der Waals surface area contributed by atoms with Crippen LogP contribution in [0.15, 0.2) is 66.0 Å². The van der Waals surface area contributed by atoms with Gasteiger partial charge in [-0.25, -0.2) is 0 Å². The molecule has 146 valence electrons. The second-order valence-corrected chi connectivity index (χ2v) is 7.76. The van der Waals surface area contributed by atoms with Crippen LogP contribution in [0.2, 0.25) is 0 Å². The Hall–Kier alpha value is -3.45. The summed E-state index contributed by atoms with van der Waals surface area (Å²) in [6.07, 6.45) is 1.86. The van der Waals surface area contributed by atoms with Crippen LogP contribution >= 0.6 is 11.3 Å². The maximum Gasteiger partial charge on any atom is 0.265 e. The molecule has 3 aromatic rings. The summed E-state index contributed by atoms with van der Waals surface area (Å²) in [5.41, 5.74) is 2.19. The molecular formula is C22H19N3O3S. The van der Waals surface area contributed by atoms with Gasteiger partial charge in [-0.05, 0) is 60.7 Å². The van der Waals surface area contributed by atoms with Crippen molar-refractivity contribution >= 4 is 46.1 Å². The molecule has 1 saturated carbocycles. The van der Waals surface area contributed by atoms with Gasteiger partial charge in [-0.2, -0.15) is 0 Å². The number of rotatable bonds is 6. The van der Waals surface area contributed by atoms with E-state index in [4.69, 9.17) is 0 Å². The molecule has 7 heteroatoms. The smallest absolute Gasteiger partial charge is 0.265 e. The highest BCUT2D eigenvalue weighted by Crippen LogP contribution is 2.30. The minimum absolute atomic E-state index is 0.0164. The highest BCUT2D eigenvalue weighted by molar-refractivity contribution is 7.12. The van der Waals surface area contributed by atoms with Crippen molar-refractivity contribution in [3.8, 4) is 0 Å². The van der Waals surface area contributed by atoms with Crippen molar-refractivity contribution in [2.24, 2.45) is 5.92 Å². The number of amides is 3. The van der Waals surface area contributed by atoms with E-state index in [1.165, 1.54) is 11.3 Å². The summed E-state index contributed by atoms with van der Waals surface area (Å²) in [6, 6.07) is 17.3. The molecule has 0 bridgehead atoms. The third-order valence-corrected chi connectivity index (χ3v) is 5.33. The molecule has 0 radical (unpaired) electrons. The molecule has 29 heavy (non-hydrogen) atoms. The summed E-state index contributed by atoms with van der Waals surface area (Å²) in [4.78, 5) is 37.3. The first-order valence-corrected chi connectivity index (χ1v) is 10.1. The average molecular weight is 405 g/mol.